The monoisotopic (exact) mass is 472 g/mol. The number of pyridine rings is 1. The fourth-order valence-electron chi connectivity index (χ4n) is 2.49. The van der Waals surface area contributed by atoms with Crippen LogP contribution in [0.2, 0.25) is 0 Å². The molecule has 0 bridgehead atoms. The Morgan fingerprint density at radius 1 is 1.36 bits per heavy atom. The SMILES string of the molecule is CN=C(NCc1ccc(OCC(F)(F)F)nc1)N1CCC(C)CC1.I. The van der Waals surface area contributed by atoms with Gasteiger partial charge in [0.25, 0.3) is 0 Å². The molecular weight excluding hydrogens is 448 g/mol. The highest BCUT2D eigenvalue weighted by molar-refractivity contribution is 14.0. The van der Waals surface area contributed by atoms with E-state index in [-0.39, 0.29) is 29.9 Å². The number of rotatable bonds is 4. The molecule has 2 heterocycles. The highest BCUT2D eigenvalue weighted by Gasteiger charge is 2.28. The fourth-order valence-corrected chi connectivity index (χ4v) is 2.49. The molecule has 1 aliphatic heterocycles. The van der Waals surface area contributed by atoms with Crippen LogP contribution in [0.25, 0.3) is 0 Å². The van der Waals surface area contributed by atoms with Gasteiger partial charge in [-0.15, -0.1) is 24.0 Å². The van der Waals surface area contributed by atoms with Crippen molar-refractivity contribution in [1.82, 2.24) is 15.2 Å². The van der Waals surface area contributed by atoms with E-state index in [9.17, 15) is 13.2 Å². The number of piperidine rings is 1. The first-order valence-corrected chi connectivity index (χ1v) is 7.97. The Balaban J connectivity index is 0.00000312. The van der Waals surface area contributed by atoms with E-state index in [4.69, 9.17) is 0 Å². The van der Waals surface area contributed by atoms with Crippen LogP contribution in [0.15, 0.2) is 23.3 Å². The topological polar surface area (TPSA) is 49.8 Å². The maximum absolute atomic E-state index is 12.1. The Kier molecular flexibility index (Phi) is 8.74. The van der Waals surface area contributed by atoms with Crippen LogP contribution in [-0.4, -0.2) is 48.8 Å². The van der Waals surface area contributed by atoms with Gasteiger partial charge in [0.2, 0.25) is 5.88 Å². The quantitative estimate of drug-likeness (QED) is 0.415. The van der Waals surface area contributed by atoms with Gasteiger partial charge in [0.1, 0.15) is 0 Å². The molecule has 0 aliphatic carbocycles. The normalized spacial score (nSPS) is 16.4. The Labute approximate surface area is 163 Å². The number of aromatic nitrogens is 1. The third-order valence-electron chi connectivity index (χ3n) is 3.93. The number of aliphatic imine (C=N–C) groups is 1. The minimum atomic E-state index is -4.36. The van der Waals surface area contributed by atoms with Gasteiger partial charge in [-0.1, -0.05) is 13.0 Å². The zero-order valence-electron chi connectivity index (χ0n) is 14.3. The summed E-state index contributed by atoms with van der Waals surface area (Å²) in [5, 5.41) is 3.26. The summed E-state index contributed by atoms with van der Waals surface area (Å²) >= 11 is 0. The Bertz CT molecular complexity index is 543. The summed E-state index contributed by atoms with van der Waals surface area (Å²) in [5.41, 5.74) is 0.848. The number of likely N-dealkylation sites (tertiary alicyclic amines) is 1. The number of nitrogens with zero attached hydrogens (tertiary/aromatic N) is 3. The molecule has 5 nitrogen and oxygen atoms in total. The molecule has 142 valence electrons. The zero-order chi connectivity index (χ0) is 17.6. The second-order valence-corrected chi connectivity index (χ2v) is 5.98. The van der Waals surface area contributed by atoms with Crippen molar-refractivity contribution in [2.24, 2.45) is 10.9 Å². The Hall–Kier alpha value is -1.26. The minimum absolute atomic E-state index is 0. The predicted octanol–water partition coefficient (Wildman–Crippen LogP) is 3.45. The van der Waals surface area contributed by atoms with Crippen LogP contribution in [-0.2, 0) is 6.54 Å². The summed E-state index contributed by atoms with van der Waals surface area (Å²) in [6.45, 7) is 3.37. The second kappa shape index (κ2) is 10.0. The van der Waals surface area contributed by atoms with Crippen LogP contribution in [0.5, 0.6) is 5.88 Å². The third kappa shape index (κ3) is 7.66. The van der Waals surface area contributed by atoms with Crippen molar-refractivity contribution in [3.05, 3.63) is 23.9 Å². The van der Waals surface area contributed by atoms with Crippen molar-refractivity contribution in [3.8, 4) is 5.88 Å². The van der Waals surface area contributed by atoms with Crippen LogP contribution in [0.1, 0.15) is 25.3 Å². The molecule has 0 radical (unpaired) electrons. The van der Waals surface area contributed by atoms with Gasteiger partial charge in [0, 0.05) is 38.9 Å². The van der Waals surface area contributed by atoms with Crippen LogP contribution in [0.4, 0.5) is 13.2 Å². The van der Waals surface area contributed by atoms with E-state index in [2.05, 4.69) is 31.9 Å². The summed E-state index contributed by atoms with van der Waals surface area (Å²) in [6.07, 6.45) is -0.564. The maximum atomic E-state index is 12.1. The highest BCUT2D eigenvalue weighted by atomic mass is 127. The van der Waals surface area contributed by atoms with Gasteiger partial charge in [-0.2, -0.15) is 13.2 Å². The van der Waals surface area contributed by atoms with Gasteiger partial charge >= 0.3 is 6.18 Å². The smallest absolute Gasteiger partial charge is 0.422 e. The van der Waals surface area contributed by atoms with Crippen molar-refractivity contribution in [1.29, 1.82) is 0 Å². The van der Waals surface area contributed by atoms with Crippen LogP contribution < -0.4 is 10.1 Å². The van der Waals surface area contributed by atoms with E-state index in [0.717, 1.165) is 43.4 Å². The van der Waals surface area contributed by atoms with Gasteiger partial charge in [0.15, 0.2) is 12.6 Å². The number of guanidine groups is 1. The number of nitrogens with one attached hydrogen (secondary N) is 1. The van der Waals surface area contributed by atoms with E-state index in [1.807, 2.05) is 0 Å². The maximum Gasteiger partial charge on any atom is 0.422 e. The molecule has 2 rings (SSSR count). The molecule has 0 unspecified atom stereocenters. The zero-order valence-corrected chi connectivity index (χ0v) is 16.7. The molecule has 0 atom stereocenters. The lowest BCUT2D eigenvalue weighted by Gasteiger charge is -2.32. The van der Waals surface area contributed by atoms with E-state index < -0.39 is 12.8 Å². The molecule has 0 aromatic carbocycles. The van der Waals surface area contributed by atoms with Crippen molar-refractivity contribution >= 4 is 29.9 Å². The molecule has 0 spiro atoms. The third-order valence-corrected chi connectivity index (χ3v) is 3.93. The van der Waals surface area contributed by atoms with Crippen molar-refractivity contribution in [3.63, 3.8) is 0 Å². The molecule has 1 saturated heterocycles. The summed E-state index contributed by atoms with van der Waals surface area (Å²) in [4.78, 5) is 10.4. The van der Waals surface area contributed by atoms with E-state index >= 15 is 0 Å². The first-order valence-electron chi connectivity index (χ1n) is 7.97. The highest BCUT2D eigenvalue weighted by Crippen LogP contribution is 2.17. The predicted molar refractivity (Wildman–Crippen MR) is 101 cm³/mol. The van der Waals surface area contributed by atoms with Crippen LogP contribution >= 0.6 is 24.0 Å². The summed E-state index contributed by atoms with van der Waals surface area (Å²) < 4.78 is 40.9. The minimum Gasteiger partial charge on any atom is -0.468 e. The molecule has 0 saturated carbocycles. The van der Waals surface area contributed by atoms with Crippen LogP contribution in [0.3, 0.4) is 0 Å². The van der Waals surface area contributed by atoms with Gasteiger partial charge in [-0.3, -0.25) is 4.99 Å². The average molecular weight is 472 g/mol. The van der Waals surface area contributed by atoms with Gasteiger partial charge in [-0.05, 0) is 24.3 Å². The number of halogens is 4. The van der Waals surface area contributed by atoms with Crippen molar-refractivity contribution < 1.29 is 17.9 Å². The lowest BCUT2D eigenvalue weighted by atomic mass is 10.00. The molecule has 0 amide bonds. The first kappa shape index (κ1) is 21.8. The number of hydrogen-bond donors (Lipinski definition) is 1. The molecule has 1 fully saturated rings. The van der Waals surface area contributed by atoms with Gasteiger partial charge in [-0.25, -0.2) is 4.98 Å². The first-order chi connectivity index (χ1) is 11.4. The Morgan fingerprint density at radius 2 is 2.04 bits per heavy atom. The number of alkyl halides is 3. The van der Waals surface area contributed by atoms with E-state index in [1.165, 1.54) is 12.3 Å². The molecule has 9 heteroatoms. The Morgan fingerprint density at radius 3 is 2.56 bits per heavy atom. The van der Waals surface area contributed by atoms with E-state index in [0.29, 0.717) is 6.54 Å². The van der Waals surface area contributed by atoms with E-state index in [1.54, 1.807) is 13.1 Å². The van der Waals surface area contributed by atoms with Gasteiger partial charge < -0.3 is 15.0 Å². The van der Waals surface area contributed by atoms with Crippen LogP contribution in [0, 0.1) is 5.92 Å². The molecule has 1 aliphatic rings. The van der Waals surface area contributed by atoms with Crippen molar-refractivity contribution in [2.45, 2.75) is 32.5 Å². The number of ether oxygens (including phenoxy) is 1. The molecule has 1 aromatic heterocycles. The second-order valence-electron chi connectivity index (χ2n) is 5.98. The summed E-state index contributed by atoms with van der Waals surface area (Å²) in [7, 11) is 1.74. The molecule has 25 heavy (non-hydrogen) atoms. The largest absolute Gasteiger partial charge is 0.468 e. The van der Waals surface area contributed by atoms with Crippen molar-refractivity contribution in [2.75, 3.05) is 26.7 Å². The molecular formula is C16H24F3IN4O. The number of hydrogen-bond acceptors (Lipinski definition) is 3. The summed E-state index contributed by atoms with van der Waals surface area (Å²) in [6, 6.07) is 3.13. The lowest BCUT2D eigenvalue weighted by molar-refractivity contribution is -0.154. The fraction of sp³-hybridized carbons (Fsp3) is 0.625. The van der Waals surface area contributed by atoms with Gasteiger partial charge in [0.05, 0.1) is 0 Å². The lowest BCUT2D eigenvalue weighted by Crippen LogP contribution is -2.45. The average Bonchev–Trinajstić information content (AvgIpc) is 2.55. The molecule has 1 N–H and O–H groups in total. The standard InChI is InChI=1S/C16H23F3N4O.HI/c1-12-5-7-23(8-6-12)15(20-2)22-10-13-3-4-14(21-9-13)24-11-16(17,18)19;/h3-4,9,12H,5-8,10-11H2,1-2H3,(H,20,22);1H. The summed E-state index contributed by atoms with van der Waals surface area (Å²) in [5.74, 6) is 1.54. The molecule has 1 aromatic rings.